The Morgan fingerprint density at radius 2 is 2.00 bits per heavy atom. The molecule has 1 unspecified atom stereocenters. The predicted molar refractivity (Wildman–Crippen MR) is 102 cm³/mol. The van der Waals surface area contributed by atoms with E-state index in [-0.39, 0.29) is 5.76 Å². The first kappa shape index (κ1) is 17.3. The Morgan fingerprint density at radius 3 is 2.69 bits per heavy atom. The third-order valence-electron chi connectivity index (χ3n) is 4.96. The molecule has 0 fully saturated rings. The quantitative estimate of drug-likeness (QED) is 0.581. The van der Waals surface area contributed by atoms with E-state index in [1.54, 1.807) is 12.1 Å². The van der Waals surface area contributed by atoms with Crippen LogP contribution in [0.15, 0.2) is 40.8 Å². The summed E-state index contributed by atoms with van der Waals surface area (Å²) in [5.41, 5.74) is 4.27. The molecule has 4 rings (SSSR count). The normalized spacial score (nSPS) is 16.5. The van der Waals surface area contributed by atoms with E-state index < -0.39 is 5.97 Å². The molecular weight excluding hydrogens is 373 g/mol. The van der Waals surface area contributed by atoms with Crippen LogP contribution >= 0.6 is 23.2 Å². The van der Waals surface area contributed by atoms with Crippen molar-refractivity contribution < 1.29 is 14.3 Å². The minimum atomic E-state index is -1.08. The van der Waals surface area contributed by atoms with Crippen molar-refractivity contribution in [3.8, 4) is 17.1 Å². The largest absolute Gasteiger partial charge is 0.475 e. The molecule has 6 heteroatoms. The highest BCUT2D eigenvalue weighted by atomic mass is 35.5. The summed E-state index contributed by atoms with van der Waals surface area (Å²) in [6.07, 6.45) is 3.14. The van der Waals surface area contributed by atoms with Gasteiger partial charge in [-0.3, -0.25) is 4.57 Å². The average molecular weight is 390 g/mol. The van der Waals surface area contributed by atoms with Gasteiger partial charge in [0.1, 0.15) is 0 Å². The molecule has 1 aliphatic carbocycles. The molecule has 4 nitrogen and oxygen atoms in total. The monoisotopic (exact) mass is 389 g/mol. The van der Waals surface area contributed by atoms with Crippen LogP contribution in [0.2, 0.25) is 10.0 Å². The van der Waals surface area contributed by atoms with Crippen molar-refractivity contribution in [1.29, 1.82) is 0 Å². The van der Waals surface area contributed by atoms with Crippen molar-refractivity contribution in [2.24, 2.45) is 0 Å². The second-order valence-electron chi connectivity index (χ2n) is 6.63. The highest BCUT2D eigenvalue weighted by Gasteiger charge is 2.26. The Bertz CT molecular complexity index is 1000. The number of rotatable bonds is 3. The first-order chi connectivity index (χ1) is 12.5. The Morgan fingerprint density at radius 1 is 1.19 bits per heavy atom. The highest BCUT2D eigenvalue weighted by Crippen LogP contribution is 2.40. The molecule has 1 aromatic carbocycles. The summed E-state index contributed by atoms with van der Waals surface area (Å²) in [7, 11) is 0. The summed E-state index contributed by atoms with van der Waals surface area (Å²) in [6, 6.07) is 10.8. The van der Waals surface area contributed by atoms with Crippen molar-refractivity contribution in [3.63, 3.8) is 0 Å². The average Bonchev–Trinajstić information content (AvgIpc) is 3.22. The van der Waals surface area contributed by atoms with Crippen LogP contribution in [0.25, 0.3) is 17.1 Å². The number of aromatic nitrogens is 1. The van der Waals surface area contributed by atoms with Gasteiger partial charge in [0, 0.05) is 17.3 Å². The number of benzene rings is 1. The number of carbonyl (C=O) groups is 1. The predicted octanol–water partition coefficient (Wildman–Crippen LogP) is 6.18. The third-order valence-corrected chi connectivity index (χ3v) is 5.70. The molecule has 3 aromatic rings. The topological polar surface area (TPSA) is 55.4 Å². The summed E-state index contributed by atoms with van der Waals surface area (Å²) in [4.78, 5) is 11.2. The molecule has 2 aromatic heterocycles. The molecule has 134 valence electrons. The number of fused-ring (bicyclic) bond motifs is 1. The number of hydrogen-bond donors (Lipinski definition) is 1. The zero-order chi connectivity index (χ0) is 18.4. The first-order valence-corrected chi connectivity index (χ1v) is 9.24. The van der Waals surface area contributed by atoms with Crippen molar-refractivity contribution in [2.45, 2.75) is 32.1 Å². The van der Waals surface area contributed by atoms with Crippen LogP contribution in [0.4, 0.5) is 0 Å². The summed E-state index contributed by atoms with van der Waals surface area (Å²) >= 11 is 12.3. The van der Waals surface area contributed by atoms with E-state index in [9.17, 15) is 9.90 Å². The summed E-state index contributed by atoms with van der Waals surface area (Å²) in [5, 5.41) is 10.2. The maximum atomic E-state index is 11.2. The van der Waals surface area contributed by atoms with Gasteiger partial charge in [0.25, 0.3) is 0 Å². The maximum Gasteiger partial charge on any atom is 0.371 e. The van der Waals surface area contributed by atoms with Gasteiger partial charge in [-0.15, -0.1) is 0 Å². The molecule has 1 aliphatic rings. The molecule has 2 heterocycles. The molecule has 0 saturated carbocycles. The zero-order valence-corrected chi connectivity index (χ0v) is 15.6. The van der Waals surface area contributed by atoms with Crippen LogP contribution in [0.1, 0.15) is 47.5 Å². The Hall–Kier alpha value is -2.17. The van der Waals surface area contributed by atoms with E-state index in [0.29, 0.717) is 21.8 Å². The lowest BCUT2D eigenvalue weighted by Gasteiger charge is -2.20. The molecule has 0 spiro atoms. The third kappa shape index (κ3) is 2.83. The molecular formula is C20H17Cl2NO3. The number of aromatic carboxylic acids is 1. The molecule has 0 amide bonds. The van der Waals surface area contributed by atoms with Gasteiger partial charge in [0.2, 0.25) is 11.6 Å². The molecule has 1 N–H and O–H groups in total. The molecule has 0 radical (unpaired) electrons. The van der Waals surface area contributed by atoms with Crippen molar-refractivity contribution in [3.05, 3.63) is 63.5 Å². The van der Waals surface area contributed by atoms with Crippen LogP contribution < -0.4 is 0 Å². The van der Waals surface area contributed by atoms with E-state index >= 15 is 0 Å². The second-order valence-corrected chi connectivity index (χ2v) is 7.45. The van der Waals surface area contributed by atoms with Gasteiger partial charge in [-0.2, -0.15) is 0 Å². The Kier molecular flexibility index (Phi) is 4.33. The minimum absolute atomic E-state index is 0.0774. The van der Waals surface area contributed by atoms with Crippen LogP contribution in [0.5, 0.6) is 0 Å². The van der Waals surface area contributed by atoms with E-state index in [1.807, 2.05) is 16.7 Å². The van der Waals surface area contributed by atoms with Crippen molar-refractivity contribution in [1.82, 2.24) is 4.57 Å². The van der Waals surface area contributed by atoms with Gasteiger partial charge in [-0.1, -0.05) is 36.2 Å². The van der Waals surface area contributed by atoms with Gasteiger partial charge in [0.05, 0.1) is 15.7 Å². The zero-order valence-electron chi connectivity index (χ0n) is 14.1. The SMILES string of the molecule is CC1CCCc2c1cc(-c1ccc(Cl)c(Cl)c1)n2-c1ccc(C(=O)O)o1. The summed E-state index contributed by atoms with van der Waals surface area (Å²) in [5.74, 6) is -0.220. The van der Waals surface area contributed by atoms with Crippen LogP contribution in [0, 0.1) is 0 Å². The van der Waals surface area contributed by atoms with Crippen molar-refractivity contribution in [2.75, 3.05) is 0 Å². The molecule has 0 bridgehead atoms. The van der Waals surface area contributed by atoms with E-state index in [0.717, 1.165) is 36.2 Å². The van der Waals surface area contributed by atoms with Crippen molar-refractivity contribution >= 4 is 29.2 Å². The van der Waals surface area contributed by atoms with E-state index in [2.05, 4.69) is 13.0 Å². The number of carboxylic acid groups (broad SMARTS) is 1. The standard InChI is InChI=1S/C20H17Cl2NO3/c1-11-3-2-4-16-13(11)10-17(12-5-6-14(21)15(22)9-12)23(16)19-8-7-18(26-19)20(24)25/h5-11H,2-4H2,1H3,(H,24,25). The number of halogens is 2. The highest BCUT2D eigenvalue weighted by molar-refractivity contribution is 6.42. The van der Waals surface area contributed by atoms with Gasteiger partial charge in [-0.25, -0.2) is 4.79 Å². The Labute approximate surface area is 161 Å². The molecule has 0 saturated heterocycles. The van der Waals surface area contributed by atoms with Gasteiger partial charge < -0.3 is 9.52 Å². The fraction of sp³-hybridized carbons (Fsp3) is 0.250. The maximum absolute atomic E-state index is 11.2. The number of carboxylic acids is 1. The lowest BCUT2D eigenvalue weighted by molar-refractivity contribution is 0.0662. The summed E-state index contributed by atoms with van der Waals surface area (Å²) < 4.78 is 7.62. The fourth-order valence-corrected chi connectivity index (χ4v) is 3.96. The molecule has 0 aliphatic heterocycles. The van der Waals surface area contributed by atoms with Gasteiger partial charge in [-0.05, 0) is 55.0 Å². The van der Waals surface area contributed by atoms with E-state index in [1.165, 1.54) is 11.6 Å². The first-order valence-electron chi connectivity index (χ1n) is 8.49. The van der Waals surface area contributed by atoms with E-state index in [4.69, 9.17) is 27.6 Å². The lowest BCUT2D eigenvalue weighted by atomic mass is 9.88. The molecule has 1 atom stereocenters. The number of hydrogen-bond acceptors (Lipinski definition) is 2. The van der Waals surface area contributed by atoms with Crippen LogP contribution in [-0.2, 0) is 6.42 Å². The number of nitrogens with zero attached hydrogens (tertiary/aromatic N) is 1. The minimum Gasteiger partial charge on any atom is -0.475 e. The second kappa shape index (κ2) is 6.53. The van der Waals surface area contributed by atoms with Gasteiger partial charge >= 0.3 is 5.97 Å². The summed E-state index contributed by atoms with van der Waals surface area (Å²) in [6.45, 7) is 2.21. The lowest BCUT2D eigenvalue weighted by Crippen LogP contribution is -2.09. The van der Waals surface area contributed by atoms with Gasteiger partial charge in [0.15, 0.2) is 0 Å². The molecule has 26 heavy (non-hydrogen) atoms. The fourth-order valence-electron chi connectivity index (χ4n) is 3.67. The Balaban J connectivity index is 1.95. The smallest absolute Gasteiger partial charge is 0.371 e. The van der Waals surface area contributed by atoms with Crippen LogP contribution in [-0.4, -0.2) is 15.6 Å². The van der Waals surface area contributed by atoms with Crippen LogP contribution in [0.3, 0.4) is 0 Å². The number of furan rings is 1.